The summed E-state index contributed by atoms with van der Waals surface area (Å²) in [5, 5.41) is 3.66. The largest absolute Gasteiger partial charge is 0.354 e. The van der Waals surface area contributed by atoms with Gasteiger partial charge in [-0.05, 0) is 71.8 Å². The molecule has 254 valence electrons. The molecule has 1 atom stereocenters. The molecule has 48 heavy (non-hydrogen) atoms. The Bertz CT molecular complexity index is 1800. The molecule has 4 aromatic rings. The van der Waals surface area contributed by atoms with Crippen LogP contribution in [0, 0.1) is 12.8 Å². The van der Waals surface area contributed by atoms with Crippen LogP contribution in [0.1, 0.15) is 55.9 Å². The predicted octanol–water partition coefficient (Wildman–Crippen LogP) is 8.03. The van der Waals surface area contributed by atoms with Gasteiger partial charge in [-0.1, -0.05) is 117 Å². The maximum absolute atomic E-state index is 14.6. The molecule has 4 aromatic carbocycles. The third-order valence-electron chi connectivity index (χ3n) is 8.03. The topological polar surface area (TPSA) is 86.8 Å². The van der Waals surface area contributed by atoms with Crippen LogP contribution < -0.4 is 9.62 Å². The molecule has 0 saturated carbocycles. The maximum Gasteiger partial charge on any atom is 0.264 e. The third kappa shape index (κ3) is 9.62. The summed E-state index contributed by atoms with van der Waals surface area (Å²) in [6.07, 6.45) is 0.214. The Hall–Kier alpha value is -3.85. The Kier molecular flexibility index (Phi) is 12.7. The van der Waals surface area contributed by atoms with Crippen molar-refractivity contribution >= 4 is 50.7 Å². The third-order valence-corrected chi connectivity index (χ3v) is 10.6. The van der Waals surface area contributed by atoms with Gasteiger partial charge in [-0.15, -0.1) is 0 Å². The van der Waals surface area contributed by atoms with Gasteiger partial charge in [0.05, 0.1) is 20.6 Å². The second-order valence-corrected chi connectivity index (χ2v) is 15.4. The van der Waals surface area contributed by atoms with E-state index in [1.165, 1.54) is 17.0 Å². The lowest BCUT2D eigenvalue weighted by Crippen LogP contribution is -2.53. The number of carbonyl (C=O) groups excluding carboxylic acids is 2. The van der Waals surface area contributed by atoms with E-state index in [-0.39, 0.29) is 35.6 Å². The zero-order valence-electron chi connectivity index (χ0n) is 28.0. The fourth-order valence-electron chi connectivity index (χ4n) is 5.20. The average molecular weight is 709 g/mol. The quantitative estimate of drug-likeness (QED) is 0.144. The fraction of sp³-hybridized carbons (Fsp3) is 0.316. The Morgan fingerprint density at radius 2 is 1.44 bits per heavy atom. The fourth-order valence-corrected chi connectivity index (χ4v) is 6.94. The summed E-state index contributed by atoms with van der Waals surface area (Å²) in [7, 11) is -4.20. The van der Waals surface area contributed by atoms with Gasteiger partial charge in [0.25, 0.3) is 10.0 Å². The van der Waals surface area contributed by atoms with E-state index in [1.54, 1.807) is 42.5 Å². The van der Waals surface area contributed by atoms with Crippen molar-refractivity contribution in [2.75, 3.05) is 17.4 Å². The first-order valence-electron chi connectivity index (χ1n) is 16.0. The number of hydrogen-bond acceptors (Lipinski definition) is 4. The van der Waals surface area contributed by atoms with Crippen LogP contribution in [0.4, 0.5) is 5.69 Å². The molecule has 2 amide bonds. The van der Waals surface area contributed by atoms with Gasteiger partial charge in [0, 0.05) is 19.5 Å². The summed E-state index contributed by atoms with van der Waals surface area (Å²) >= 11 is 12.6. The smallest absolute Gasteiger partial charge is 0.264 e. The molecule has 0 fully saturated rings. The zero-order chi connectivity index (χ0) is 35.0. The summed E-state index contributed by atoms with van der Waals surface area (Å²) in [5.41, 5.74) is 3.77. The molecule has 0 saturated heterocycles. The highest BCUT2D eigenvalue weighted by molar-refractivity contribution is 7.92. The van der Waals surface area contributed by atoms with Crippen molar-refractivity contribution in [1.29, 1.82) is 0 Å². The van der Waals surface area contributed by atoms with Crippen LogP contribution in [-0.2, 0) is 32.6 Å². The van der Waals surface area contributed by atoms with Crippen molar-refractivity contribution in [3.63, 3.8) is 0 Å². The minimum atomic E-state index is -4.20. The van der Waals surface area contributed by atoms with E-state index in [9.17, 15) is 18.0 Å². The van der Waals surface area contributed by atoms with Crippen molar-refractivity contribution in [2.45, 2.75) is 64.4 Å². The first-order valence-corrected chi connectivity index (χ1v) is 18.2. The first kappa shape index (κ1) is 37.0. The minimum absolute atomic E-state index is 0.00692. The highest BCUT2D eigenvalue weighted by Crippen LogP contribution is 2.28. The highest BCUT2D eigenvalue weighted by atomic mass is 35.5. The average Bonchev–Trinajstić information content (AvgIpc) is 3.06. The minimum Gasteiger partial charge on any atom is -0.354 e. The Morgan fingerprint density at radius 1 is 0.792 bits per heavy atom. The molecule has 1 N–H and O–H groups in total. The van der Waals surface area contributed by atoms with Crippen molar-refractivity contribution in [2.24, 2.45) is 5.92 Å². The second kappa shape index (κ2) is 16.5. The van der Waals surface area contributed by atoms with Crippen LogP contribution >= 0.6 is 23.2 Å². The van der Waals surface area contributed by atoms with E-state index in [0.717, 1.165) is 21.0 Å². The van der Waals surface area contributed by atoms with Crippen molar-refractivity contribution in [3.8, 4) is 0 Å². The van der Waals surface area contributed by atoms with E-state index in [0.29, 0.717) is 27.8 Å². The zero-order valence-corrected chi connectivity index (χ0v) is 30.3. The lowest BCUT2D eigenvalue weighted by Gasteiger charge is -2.34. The van der Waals surface area contributed by atoms with Crippen molar-refractivity contribution in [1.82, 2.24) is 10.2 Å². The summed E-state index contributed by atoms with van der Waals surface area (Å²) in [5.74, 6) is -0.484. The molecule has 0 spiro atoms. The van der Waals surface area contributed by atoms with Crippen LogP contribution in [-0.4, -0.2) is 44.3 Å². The van der Waals surface area contributed by atoms with Crippen LogP contribution in [0.2, 0.25) is 10.0 Å². The Labute approximate surface area is 294 Å². The number of halogens is 2. The maximum atomic E-state index is 14.6. The van der Waals surface area contributed by atoms with E-state index in [1.807, 2.05) is 63.2 Å². The van der Waals surface area contributed by atoms with Gasteiger partial charge >= 0.3 is 0 Å². The lowest BCUT2D eigenvalue weighted by molar-refractivity contribution is -0.140. The van der Waals surface area contributed by atoms with Crippen LogP contribution in [0.15, 0.2) is 102 Å². The Morgan fingerprint density at radius 3 is 2.02 bits per heavy atom. The summed E-state index contributed by atoms with van der Waals surface area (Å²) in [6, 6.07) is 27.2. The summed E-state index contributed by atoms with van der Waals surface area (Å²) in [4.78, 5) is 30.1. The first-order chi connectivity index (χ1) is 22.8. The summed E-state index contributed by atoms with van der Waals surface area (Å²) in [6.45, 7) is 9.83. The van der Waals surface area contributed by atoms with E-state index >= 15 is 0 Å². The molecule has 0 unspecified atom stereocenters. The number of rotatable bonds is 14. The molecule has 4 rings (SSSR count). The van der Waals surface area contributed by atoms with Crippen LogP contribution in [0.3, 0.4) is 0 Å². The molecule has 0 aliphatic carbocycles. The normalized spacial score (nSPS) is 12.2. The van der Waals surface area contributed by atoms with Gasteiger partial charge < -0.3 is 10.2 Å². The number of nitrogens with one attached hydrogen (secondary N) is 1. The van der Waals surface area contributed by atoms with Gasteiger partial charge in [-0.3, -0.25) is 13.9 Å². The molecular formula is C38H43Cl2N3O4S. The lowest BCUT2D eigenvalue weighted by atomic mass is 10.0. The highest BCUT2D eigenvalue weighted by Gasteiger charge is 2.34. The number of nitrogens with zero attached hydrogens (tertiary/aromatic N) is 2. The number of benzene rings is 4. The van der Waals surface area contributed by atoms with Gasteiger partial charge in [0.2, 0.25) is 11.8 Å². The Balaban J connectivity index is 1.82. The van der Waals surface area contributed by atoms with Crippen LogP contribution in [0.5, 0.6) is 0 Å². The summed E-state index contributed by atoms with van der Waals surface area (Å²) < 4.78 is 29.7. The van der Waals surface area contributed by atoms with Gasteiger partial charge in [-0.2, -0.15) is 0 Å². The standard InChI is InChI=1S/C38H43Cl2N3O4S/c1-26(2)23-41-38(45)36(22-29-9-7-6-8-10-29)42(24-30-13-20-34(39)35(40)21-30)37(44)25-43(32-16-14-31(15-17-32)27(3)4)48(46,47)33-18-11-28(5)12-19-33/h6-21,26-27,36H,22-25H2,1-5H3,(H,41,45)/t36-/m1/s1. The van der Waals surface area contributed by atoms with Crippen molar-refractivity contribution < 1.29 is 18.0 Å². The number of hydrogen-bond donors (Lipinski definition) is 1. The molecule has 0 bridgehead atoms. The van der Waals surface area contributed by atoms with Gasteiger partial charge in [-0.25, -0.2) is 8.42 Å². The number of carbonyl (C=O) groups is 2. The molecule has 0 radical (unpaired) electrons. The number of amides is 2. The molecule has 0 aromatic heterocycles. The van der Waals surface area contributed by atoms with E-state index in [2.05, 4.69) is 19.2 Å². The number of sulfonamides is 1. The molecule has 0 aliphatic heterocycles. The van der Waals surface area contributed by atoms with E-state index in [4.69, 9.17) is 23.2 Å². The number of aryl methyl sites for hydroxylation is 1. The molecule has 0 aliphatic rings. The SMILES string of the molecule is Cc1ccc(S(=O)(=O)N(CC(=O)N(Cc2ccc(Cl)c(Cl)c2)[C@H](Cc2ccccc2)C(=O)NCC(C)C)c2ccc(C(C)C)cc2)cc1. The van der Waals surface area contributed by atoms with E-state index < -0.39 is 28.5 Å². The van der Waals surface area contributed by atoms with Crippen LogP contribution in [0.25, 0.3) is 0 Å². The molecule has 7 nitrogen and oxygen atoms in total. The monoisotopic (exact) mass is 707 g/mol. The molecular weight excluding hydrogens is 665 g/mol. The molecule has 0 heterocycles. The van der Waals surface area contributed by atoms with Gasteiger partial charge in [0.15, 0.2) is 0 Å². The number of anilines is 1. The van der Waals surface area contributed by atoms with Crippen molar-refractivity contribution in [3.05, 3.63) is 129 Å². The second-order valence-electron chi connectivity index (χ2n) is 12.7. The van der Waals surface area contributed by atoms with Gasteiger partial charge in [0.1, 0.15) is 12.6 Å². The molecule has 10 heteroatoms. The predicted molar refractivity (Wildman–Crippen MR) is 195 cm³/mol.